The molecule has 4 rings (SSSR count). The van der Waals surface area contributed by atoms with E-state index in [0.717, 1.165) is 28.6 Å². The molecule has 0 unspecified atom stereocenters. The summed E-state index contributed by atoms with van der Waals surface area (Å²) < 4.78 is 1.96. The molecule has 3 aromatic heterocycles. The second kappa shape index (κ2) is 7.40. The number of anilines is 1. The largest absolute Gasteiger partial charge is 0.360 e. The van der Waals surface area contributed by atoms with Gasteiger partial charge in [0.2, 0.25) is 5.91 Å². The molecule has 1 amide bonds. The summed E-state index contributed by atoms with van der Waals surface area (Å²) in [6.45, 7) is 4.25. The van der Waals surface area contributed by atoms with Crippen LogP contribution in [0.5, 0.6) is 0 Å². The Labute approximate surface area is 162 Å². The van der Waals surface area contributed by atoms with Gasteiger partial charge in [0.15, 0.2) is 5.13 Å². The minimum Gasteiger partial charge on any atom is -0.360 e. The Morgan fingerprint density at radius 3 is 2.78 bits per heavy atom. The van der Waals surface area contributed by atoms with Crippen molar-refractivity contribution in [2.45, 2.75) is 26.3 Å². The molecule has 4 aromatic rings. The molecule has 0 fully saturated rings. The molecule has 0 aliphatic heterocycles. The highest BCUT2D eigenvalue weighted by Gasteiger charge is 2.22. The van der Waals surface area contributed by atoms with E-state index in [1.807, 2.05) is 58.9 Å². The van der Waals surface area contributed by atoms with Gasteiger partial charge < -0.3 is 14.9 Å². The Morgan fingerprint density at radius 1 is 1.22 bits per heavy atom. The molecular weight excluding hydrogens is 356 g/mol. The Kier molecular flexibility index (Phi) is 4.81. The van der Waals surface area contributed by atoms with Crippen LogP contribution in [0.1, 0.15) is 26.3 Å². The van der Waals surface area contributed by atoms with Crippen molar-refractivity contribution in [1.82, 2.24) is 14.5 Å². The van der Waals surface area contributed by atoms with Gasteiger partial charge in [-0.05, 0) is 30.5 Å². The summed E-state index contributed by atoms with van der Waals surface area (Å²) in [4.78, 5) is 20.8. The molecule has 27 heavy (non-hydrogen) atoms. The van der Waals surface area contributed by atoms with Gasteiger partial charge in [0.1, 0.15) is 6.04 Å². The molecule has 1 aromatic carbocycles. The third kappa shape index (κ3) is 3.66. The van der Waals surface area contributed by atoms with Gasteiger partial charge in [0.25, 0.3) is 0 Å². The van der Waals surface area contributed by atoms with E-state index >= 15 is 0 Å². The predicted molar refractivity (Wildman–Crippen MR) is 111 cm³/mol. The molecule has 6 heteroatoms. The number of carbonyl (C=O) groups is 1. The minimum absolute atomic E-state index is 0.0280. The number of thiazole rings is 1. The van der Waals surface area contributed by atoms with Crippen molar-refractivity contribution in [1.29, 1.82) is 0 Å². The van der Waals surface area contributed by atoms with Crippen molar-refractivity contribution >= 4 is 33.3 Å². The molecule has 0 radical (unpaired) electrons. The Hall–Kier alpha value is -2.86. The van der Waals surface area contributed by atoms with E-state index < -0.39 is 0 Å². The van der Waals surface area contributed by atoms with E-state index in [4.69, 9.17) is 0 Å². The molecule has 138 valence electrons. The number of amides is 1. The normalized spacial score (nSPS) is 12.6. The van der Waals surface area contributed by atoms with Crippen LogP contribution in [0.4, 0.5) is 5.13 Å². The van der Waals surface area contributed by atoms with E-state index in [9.17, 15) is 4.79 Å². The lowest BCUT2D eigenvalue weighted by molar-refractivity contribution is -0.119. The number of H-pyrrole nitrogens is 1. The van der Waals surface area contributed by atoms with Gasteiger partial charge in [-0.15, -0.1) is 11.3 Å². The zero-order chi connectivity index (χ0) is 18.8. The van der Waals surface area contributed by atoms with Crippen LogP contribution in [0.3, 0.4) is 0 Å². The maximum atomic E-state index is 12.9. The SMILES string of the molecule is CC(C)C[C@H](C(=O)Nc1nc(-c2c[nH]c3ccccc23)cs1)n1cccc1. The zero-order valence-corrected chi connectivity index (χ0v) is 16.2. The Bertz CT molecular complexity index is 1050. The average Bonchev–Trinajstić information content (AvgIpc) is 3.39. The third-order valence-electron chi connectivity index (χ3n) is 4.58. The smallest absolute Gasteiger partial charge is 0.249 e. The highest BCUT2D eigenvalue weighted by atomic mass is 32.1. The summed E-state index contributed by atoms with van der Waals surface area (Å²) in [6, 6.07) is 11.8. The maximum Gasteiger partial charge on any atom is 0.249 e. The van der Waals surface area contributed by atoms with Gasteiger partial charge >= 0.3 is 0 Å². The van der Waals surface area contributed by atoms with E-state index in [1.165, 1.54) is 11.3 Å². The van der Waals surface area contributed by atoms with Gasteiger partial charge in [0.05, 0.1) is 5.69 Å². The third-order valence-corrected chi connectivity index (χ3v) is 5.34. The number of aromatic amines is 1. The monoisotopic (exact) mass is 378 g/mol. The number of hydrogen-bond acceptors (Lipinski definition) is 3. The molecule has 0 spiro atoms. The van der Waals surface area contributed by atoms with E-state index in [2.05, 4.69) is 35.2 Å². The van der Waals surface area contributed by atoms with Crippen LogP contribution in [0.2, 0.25) is 0 Å². The summed E-state index contributed by atoms with van der Waals surface area (Å²) >= 11 is 1.45. The first-order valence-electron chi connectivity index (χ1n) is 9.07. The molecule has 0 saturated heterocycles. The van der Waals surface area contributed by atoms with Gasteiger partial charge in [-0.25, -0.2) is 4.98 Å². The fourth-order valence-corrected chi connectivity index (χ4v) is 4.01. The number of fused-ring (bicyclic) bond motifs is 1. The van der Waals surface area contributed by atoms with Gasteiger partial charge in [0, 0.05) is 40.4 Å². The summed E-state index contributed by atoms with van der Waals surface area (Å²) in [6.07, 6.45) is 6.62. The lowest BCUT2D eigenvalue weighted by atomic mass is 10.0. The highest BCUT2D eigenvalue weighted by Crippen LogP contribution is 2.31. The molecule has 0 saturated carbocycles. The van der Waals surface area contributed by atoms with Crippen molar-refractivity contribution in [2.24, 2.45) is 5.92 Å². The number of carbonyl (C=O) groups excluding carboxylic acids is 1. The molecule has 0 aliphatic rings. The molecule has 0 bridgehead atoms. The fourth-order valence-electron chi connectivity index (χ4n) is 3.29. The first kappa shape index (κ1) is 17.5. The summed E-state index contributed by atoms with van der Waals surface area (Å²) in [5.41, 5.74) is 3.00. The fraction of sp³-hybridized carbons (Fsp3) is 0.238. The van der Waals surface area contributed by atoms with E-state index in [1.54, 1.807) is 0 Å². The van der Waals surface area contributed by atoms with E-state index in [0.29, 0.717) is 11.0 Å². The van der Waals surface area contributed by atoms with Gasteiger partial charge in [-0.3, -0.25) is 4.79 Å². The number of benzene rings is 1. The number of rotatable bonds is 6. The quantitative estimate of drug-likeness (QED) is 0.477. The van der Waals surface area contributed by atoms with Crippen molar-refractivity contribution in [3.8, 4) is 11.3 Å². The second-order valence-corrected chi connectivity index (χ2v) is 7.91. The van der Waals surface area contributed by atoms with Crippen molar-refractivity contribution in [3.05, 3.63) is 60.4 Å². The van der Waals surface area contributed by atoms with Crippen LogP contribution >= 0.6 is 11.3 Å². The van der Waals surface area contributed by atoms with Gasteiger partial charge in [-0.1, -0.05) is 32.0 Å². The first-order chi connectivity index (χ1) is 13.1. The maximum absolute atomic E-state index is 12.9. The summed E-state index contributed by atoms with van der Waals surface area (Å²) in [5, 5.41) is 6.74. The molecule has 0 aliphatic carbocycles. The first-order valence-corrected chi connectivity index (χ1v) is 9.95. The van der Waals surface area contributed by atoms with Crippen molar-refractivity contribution in [3.63, 3.8) is 0 Å². The lowest BCUT2D eigenvalue weighted by Gasteiger charge is -2.19. The predicted octanol–water partition coefficient (Wildman–Crippen LogP) is 5.32. The van der Waals surface area contributed by atoms with Crippen LogP contribution in [0, 0.1) is 5.92 Å². The van der Waals surface area contributed by atoms with Crippen LogP contribution in [-0.2, 0) is 4.79 Å². The molecule has 3 heterocycles. The zero-order valence-electron chi connectivity index (χ0n) is 15.3. The van der Waals surface area contributed by atoms with E-state index in [-0.39, 0.29) is 11.9 Å². The standard InChI is InChI=1S/C21H22N4OS/c1-14(2)11-19(25-9-5-6-10-25)20(26)24-21-23-18(13-27-21)16-12-22-17-8-4-3-7-15(16)17/h3-10,12-14,19,22H,11H2,1-2H3,(H,23,24,26)/t19-/m1/s1. The Morgan fingerprint density at radius 2 is 2.00 bits per heavy atom. The number of aromatic nitrogens is 3. The summed E-state index contributed by atoms with van der Waals surface area (Å²) in [5.74, 6) is 0.390. The topological polar surface area (TPSA) is 62.7 Å². The average molecular weight is 379 g/mol. The second-order valence-electron chi connectivity index (χ2n) is 7.05. The number of para-hydroxylation sites is 1. The van der Waals surface area contributed by atoms with Crippen LogP contribution in [0.25, 0.3) is 22.2 Å². The minimum atomic E-state index is -0.236. The number of hydrogen-bond donors (Lipinski definition) is 2. The highest BCUT2D eigenvalue weighted by molar-refractivity contribution is 7.14. The summed E-state index contributed by atoms with van der Waals surface area (Å²) in [7, 11) is 0. The molecule has 1 atom stereocenters. The van der Waals surface area contributed by atoms with Crippen LogP contribution in [0.15, 0.2) is 60.4 Å². The lowest BCUT2D eigenvalue weighted by Crippen LogP contribution is -2.26. The molecular formula is C21H22N4OS. The number of nitrogens with zero attached hydrogens (tertiary/aromatic N) is 2. The molecule has 5 nitrogen and oxygen atoms in total. The van der Waals surface area contributed by atoms with Gasteiger partial charge in [-0.2, -0.15) is 0 Å². The van der Waals surface area contributed by atoms with Crippen LogP contribution < -0.4 is 5.32 Å². The Balaban J connectivity index is 1.55. The van der Waals surface area contributed by atoms with Crippen molar-refractivity contribution < 1.29 is 4.79 Å². The number of nitrogens with one attached hydrogen (secondary N) is 2. The van der Waals surface area contributed by atoms with Crippen molar-refractivity contribution in [2.75, 3.05) is 5.32 Å². The van der Waals surface area contributed by atoms with Crippen LogP contribution in [-0.4, -0.2) is 20.4 Å². The molecule has 2 N–H and O–H groups in total.